The van der Waals surface area contributed by atoms with Crippen molar-refractivity contribution in [1.29, 1.82) is 0 Å². The number of hydrogen-bond donors (Lipinski definition) is 0. The Labute approximate surface area is 73.3 Å². The molecule has 0 rings (SSSR count). The van der Waals surface area contributed by atoms with Crippen molar-refractivity contribution in [2.45, 2.75) is 12.8 Å². The van der Waals surface area contributed by atoms with Crippen molar-refractivity contribution >= 4 is 18.8 Å². The van der Waals surface area contributed by atoms with E-state index in [2.05, 4.69) is 6.58 Å². The van der Waals surface area contributed by atoms with E-state index in [1.54, 1.807) is 6.08 Å². The van der Waals surface area contributed by atoms with Crippen LogP contribution in [0.5, 0.6) is 0 Å². The third-order valence-electron chi connectivity index (χ3n) is 0.537. The molecule has 0 amide bonds. The molecule has 0 fully saturated rings. The van der Waals surface area contributed by atoms with Gasteiger partial charge < -0.3 is 6.58 Å². The molecule has 0 spiro atoms. The number of unbranched alkanes of at least 4 members (excludes halogenated alkanes) is 1. The Hall–Kier alpha value is 0.748. The van der Waals surface area contributed by atoms with Crippen molar-refractivity contribution in [3.05, 3.63) is 25.3 Å². The van der Waals surface area contributed by atoms with E-state index >= 15 is 0 Å². The molecule has 58 valence electrons. The molecule has 0 aromatic heterocycles. The molecule has 0 nitrogen and oxygen atoms in total. The maximum absolute atomic E-state index is 5.04. The standard InChI is InChI=1S/C6H9.2ClH.Pt/c1-3-5-6-4-2;;;/h1,3-4H,2,5-6H2;2*1H;/q-1;;;+2/p-2. The fourth-order valence-electron chi connectivity index (χ4n) is 0.214. The molecule has 0 radical (unpaired) electrons. The molecule has 0 aromatic carbocycles. The van der Waals surface area contributed by atoms with E-state index in [0.717, 1.165) is 12.8 Å². The van der Waals surface area contributed by atoms with E-state index in [1.165, 1.54) is 0 Å². The Morgan fingerprint density at radius 2 is 1.89 bits per heavy atom. The Morgan fingerprint density at radius 3 is 2.00 bits per heavy atom. The van der Waals surface area contributed by atoms with Crippen LogP contribution in [0.1, 0.15) is 12.8 Å². The number of halogens is 2. The normalized spacial score (nSPS) is 7.33. The van der Waals surface area contributed by atoms with Gasteiger partial charge in [-0.1, -0.05) is 12.5 Å². The number of hydrogen-bond acceptors (Lipinski definition) is 0. The molecule has 0 aliphatic rings. The van der Waals surface area contributed by atoms with Crippen LogP contribution >= 0.6 is 18.8 Å². The van der Waals surface area contributed by atoms with Gasteiger partial charge in [0.25, 0.3) is 0 Å². The molecule has 0 heterocycles. The van der Waals surface area contributed by atoms with Gasteiger partial charge in [-0.05, 0) is 6.42 Å². The zero-order valence-corrected chi connectivity index (χ0v) is 8.71. The first-order valence-corrected chi connectivity index (χ1v) is 7.93. The molecule has 0 aliphatic carbocycles. The fourth-order valence-corrected chi connectivity index (χ4v) is 0.214. The van der Waals surface area contributed by atoms with Crippen LogP contribution in [-0.4, -0.2) is 0 Å². The Kier molecular flexibility index (Phi) is 21.9. The van der Waals surface area contributed by atoms with E-state index in [0.29, 0.717) is 0 Å². The summed E-state index contributed by atoms with van der Waals surface area (Å²) in [7, 11) is 9.75. The molecule has 9 heavy (non-hydrogen) atoms. The van der Waals surface area contributed by atoms with Gasteiger partial charge in [0.1, 0.15) is 0 Å². The summed E-state index contributed by atoms with van der Waals surface area (Å²) in [5.41, 5.74) is 0. The molecule has 0 aromatic rings. The summed E-state index contributed by atoms with van der Waals surface area (Å²) < 4.78 is 0. The van der Waals surface area contributed by atoms with Gasteiger partial charge in [0.05, 0.1) is 0 Å². The SMILES string of the molecule is [CH-]=CCCC=C.[Cl][Pt][Cl]. The van der Waals surface area contributed by atoms with Gasteiger partial charge in [-0.2, -0.15) is 0 Å². The molecule has 0 unspecified atom stereocenters. The van der Waals surface area contributed by atoms with Crippen molar-refractivity contribution < 1.29 is 16.5 Å². The van der Waals surface area contributed by atoms with Crippen molar-refractivity contribution in [3.63, 3.8) is 0 Å². The Morgan fingerprint density at radius 1 is 1.44 bits per heavy atom. The van der Waals surface area contributed by atoms with Gasteiger partial charge in [0.2, 0.25) is 0 Å². The van der Waals surface area contributed by atoms with E-state index in [1.807, 2.05) is 6.08 Å². The first kappa shape index (κ1) is 12.4. The van der Waals surface area contributed by atoms with Crippen molar-refractivity contribution in [2.75, 3.05) is 0 Å². The first-order chi connectivity index (χ1) is 4.33. The quantitative estimate of drug-likeness (QED) is 0.418. The summed E-state index contributed by atoms with van der Waals surface area (Å²) >= 11 is -0.472. The molecule has 0 saturated carbocycles. The van der Waals surface area contributed by atoms with Crippen LogP contribution in [0.2, 0.25) is 0 Å². The summed E-state index contributed by atoms with van der Waals surface area (Å²) in [5.74, 6) is 0. The first-order valence-electron chi connectivity index (χ1n) is 2.30. The summed E-state index contributed by atoms with van der Waals surface area (Å²) in [6.07, 6.45) is 5.44. The second kappa shape index (κ2) is 15.9. The van der Waals surface area contributed by atoms with Gasteiger partial charge in [-0.3, -0.25) is 6.08 Å². The molecule has 0 N–H and O–H groups in total. The predicted octanol–water partition coefficient (Wildman–Crippen LogP) is 3.32. The van der Waals surface area contributed by atoms with Gasteiger partial charge in [0.15, 0.2) is 0 Å². The van der Waals surface area contributed by atoms with Crippen molar-refractivity contribution in [1.82, 2.24) is 0 Å². The Balaban J connectivity index is 0. The van der Waals surface area contributed by atoms with Gasteiger partial charge in [-0.25, -0.2) is 0 Å². The minimum atomic E-state index is -0.472. The van der Waals surface area contributed by atoms with Crippen molar-refractivity contribution in [3.8, 4) is 0 Å². The summed E-state index contributed by atoms with van der Waals surface area (Å²) in [4.78, 5) is 0. The van der Waals surface area contributed by atoms with Crippen LogP contribution in [0, 0.1) is 6.58 Å². The topological polar surface area (TPSA) is 0 Å². The zero-order valence-electron chi connectivity index (χ0n) is 4.93. The molecule has 0 saturated heterocycles. The third-order valence-corrected chi connectivity index (χ3v) is 0.537. The molecule has 0 atom stereocenters. The van der Waals surface area contributed by atoms with Crippen LogP contribution in [-0.2, 0) is 16.5 Å². The van der Waals surface area contributed by atoms with Crippen LogP contribution in [0.15, 0.2) is 18.7 Å². The Bertz CT molecular complexity index is 56.1. The van der Waals surface area contributed by atoms with Gasteiger partial charge in [0, 0.05) is 0 Å². The van der Waals surface area contributed by atoms with Crippen LogP contribution < -0.4 is 0 Å². The molecular formula is C6H9Cl2Pt-. The van der Waals surface area contributed by atoms with Crippen LogP contribution in [0.3, 0.4) is 0 Å². The molecular weight excluding hydrogens is 338 g/mol. The second-order valence-electron chi connectivity index (χ2n) is 1.15. The monoisotopic (exact) mass is 346 g/mol. The van der Waals surface area contributed by atoms with Crippen LogP contribution in [0.4, 0.5) is 0 Å². The second-order valence-corrected chi connectivity index (χ2v) is 4.43. The van der Waals surface area contributed by atoms with Crippen LogP contribution in [0.25, 0.3) is 0 Å². The van der Waals surface area contributed by atoms with E-state index in [4.69, 9.17) is 25.4 Å². The number of allylic oxidation sites excluding steroid dienone is 2. The zero-order chi connectivity index (χ0) is 7.54. The van der Waals surface area contributed by atoms with Gasteiger partial charge >= 0.3 is 35.3 Å². The minimum absolute atomic E-state index is 0.472. The number of rotatable bonds is 3. The van der Waals surface area contributed by atoms with E-state index < -0.39 is 16.5 Å². The molecule has 3 heteroatoms. The van der Waals surface area contributed by atoms with Gasteiger partial charge in [-0.15, -0.1) is 6.58 Å². The summed E-state index contributed by atoms with van der Waals surface area (Å²) in [5, 5.41) is 0. The average Bonchev–Trinajstić information content (AvgIpc) is 1.86. The predicted molar refractivity (Wildman–Crippen MR) is 40.0 cm³/mol. The molecule has 0 bridgehead atoms. The average molecular weight is 347 g/mol. The summed E-state index contributed by atoms with van der Waals surface area (Å²) in [6, 6.07) is 0. The maximum atomic E-state index is 5.04. The van der Waals surface area contributed by atoms with Crippen molar-refractivity contribution in [2.24, 2.45) is 0 Å². The van der Waals surface area contributed by atoms with E-state index in [-0.39, 0.29) is 0 Å². The third kappa shape index (κ3) is 28.4. The summed E-state index contributed by atoms with van der Waals surface area (Å²) in [6.45, 7) is 8.56. The van der Waals surface area contributed by atoms with E-state index in [9.17, 15) is 0 Å². The fraction of sp³-hybridized carbons (Fsp3) is 0.333. The molecule has 0 aliphatic heterocycles.